The molecular weight excluding hydrogens is 1220 g/mol. The summed E-state index contributed by atoms with van der Waals surface area (Å²) in [6.45, 7) is 7.29. The molecular formula is C74H144O17P2. The van der Waals surface area contributed by atoms with E-state index in [-0.39, 0.29) is 25.7 Å². The summed E-state index contributed by atoms with van der Waals surface area (Å²) in [6, 6.07) is 0. The first kappa shape index (κ1) is 91.1. The summed E-state index contributed by atoms with van der Waals surface area (Å²) in [5, 5.41) is 10.6. The maximum absolute atomic E-state index is 13.1. The highest BCUT2D eigenvalue weighted by Gasteiger charge is 2.30. The van der Waals surface area contributed by atoms with Crippen LogP contribution >= 0.6 is 15.6 Å². The summed E-state index contributed by atoms with van der Waals surface area (Å²) >= 11 is 0. The van der Waals surface area contributed by atoms with E-state index in [9.17, 15) is 43.2 Å². The van der Waals surface area contributed by atoms with Gasteiger partial charge in [-0.1, -0.05) is 336 Å². The Labute approximate surface area is 568 Å². The standard InChI is InChI=1S/C74H144O17P2/c1-6-9-12-15-18-21-24-25-26-27-31-34-39-43-48-53-58-72(77)85-64-70(91-74(79)60-55-50-45-40-35-32-29-28-30-33-36-41-46-51-56-67(4)5)66-89-93(82,83)87-62-68(75)61-86-92(80,81)88-65-69(90-73(78)59-54-49-44-38-23-20-17-14-11-8-3)63-84-71(76)57-52-47-42-37-22-19-16-13-10-7-2/h67-70,75H,6-66H2,1-5H3,(H,80,81)(H,82,83)/t68-,69+,70+/m0/s1. The number of phosphoric acid groups is 2. The minimum absolute atomic E-state index is 0.107. The molecule has 0 saturated heterocycles. The maximum Gasteiger partial charge on any atom is 0.472 e. The van der Waals surface area contributed by atoms with Crippen molar-refractivity contribution in [2.45, 2.75) is 406 Å². The third-order valence-corrected chi connectivity index (χ3v) is 19.2. The van der Waals surface area contributed by atoms with Gasteiger partial charge in [0.05, 0.1) is 26.4 Å². The molecule has 0 heterocycles. The number of unbranched alkanes of at least 4 members (excludes halogenated alkanes) is 46. The molecule has 0 saturated carbocycles. The molecule has 0 aromatic rings. The van der Waals surface area contributed by atoms with Gasteiger partial charge in [0.15, 0.2) is 12.2 Å². The minimum atomic E-state index is -4.95. The minimum Gasteiger partial charge on any atom is -0.462 e. The third-order valence-electron chi connectivity index (χ3n) is 17.3. The van der Waals surface area contributed by atoms with Crippen LogP contribution in [-0.2, 0) is 65.4 Å². The fraction of sp³-hybridized carbons (Fsp3) is 0.946. The molecule has 0 rings (SSSR count). The molecule has 0 aromatic heterocycles. The molecule has 0 fully saturated rings. The lowest BCUT2D eigenvalue weighted by Gasteiger charge is -2.21. The summed E-state index contributed by atoms with van der Waals surface area (Å²) in [5.41, 5.74) is 0. The van der Waals surface area contributed by atoms with Crippen molar-refractivity contribution in [3.8, 4) is 0 Å². The Kier molecular flexibility index (Phi) is 65.9. The summed E-state index contributed by atoms with van der Waals surface area (Å²) in [6.07, 6.45) is 55.4. The summed E-state index contributed by atoms with van der Waals surface area (Å²) in [5.74, 6) is -1.32. The Morgan fingerprint density at radius 2 is 0.495 bits per heavy atom. The molecule has 0 spiro atoms. The number of ether oxygens (including phenoxy) is 4. The van der Waals surface area contributed by atoms with E-state index in [4.69, 9.17) is 37.0 Å². The fourth-order valence-corrected chi connectivity index (χ4v) is 12.9. The Morgan fingerprint density at radius 1 is 0.290 bits per heavy atom. The van der Waals surface area contributed by atoms with Crippen molar-refractivity contribution < 1.29 is 80.2 Å². The molecule has 93 heavy (non-hydrogen) atoms. The molecule has 0 amide bonds. The van der Waals surface area contributed by atoms with Gasteiger partial charge in [-0.3, -0.25) is 37.3 Å². The van der Waals surface area contributed by atoms with Gasteiger partial charge in [0, 0.05) is 25.7 Å². The quantitative estimate of drug-likeness (QED) is 0.0222. The number of carbonyl (C=O) groups is 4. The molecule has 552 valence electrons. The smallest absolute Gasteiger partial charge is 0.462 e. The second-order valence-corrected chi connectivity index (χ2v) is 30.1. The van der Waals surface area contributed by atoms with Crippen LogP contribution in [-0.4, -0.2) is 96.7 Å². The van der Waals surface area contributed by atoms with Crippen molar-refractivity contribution in [2.75, 3.05) is 39.6 Å². The van der Waals surface area contributed by atoms with E-state index in [2.05, 4.69) is 34.6 Å². The summed E-state index contributed by atoms with van der Waals surface area (Å²) in [4.78, 5) is 72.7. The van der Waals surface area contributed by atoms with Crippen LogP contribution in [0.3, 0.4) is 0 Å². The van der Waals surface area contributed by atoms with Gasteiger partial charge in [-0.2, -0.15) is 0 Å². The lowest BCUT2D eigenvalue weighted by Crippen LogP contribution is -2.30. The maximum atomic E-state index is 13.1. The number of carbonyl (C=O) groups excluding carboxylic acids is 4. The van der Waals surface area contributed by atoms with Gasteiger partial charge in [0.1, 0.15) is 19.3 Å². The average molecular weight is 1370 g/mol. The van der Waals surface area contributed by atoms with Gasteiger partial charge in [-0.05, 0) is 31.6 Å². The highest BCUT2D eigenvalue weighted by atomic mass is 31.2. The first-order chi connectivity index (χ1) is 45.0. The molecule has 0 aliphatic heterocycles. The van der Waals surface area contributed by atoms with Crippen LogP contribution in [0.25, 0.3) is 0 Å². The zero-order valence-corrected chi connectivity index (χ0v) is 62.2. The van der Waals surface area contributed by atoms with Crippen LogP contribution < -0.4 is 0 Å². The number of hydrogen-bond acceptors (Lipinski definition) is 15. The van der Waals surface area contributed by atoms with E-state index in [1.165, 1.54) is 212 Å². The van der Waals surface area contributed by atoms with Crippen LogP contribution in [0.5, 0.6) is 0 Å². The number of phosphoric ester groups is 2. The molecule has 19 heteroatoms. The van der Waals surface area contributed by atoms with Crippen LogP contribution in [0.15, 0.2) is 0 Å². The first-order valence-corrected chi connectivity index (χ1v) is 41.6. The van der Waals surface area contributed by atoms with Crippen LogP contribution in [0.4, 0.5) is 0 Å². The molecule has 0 radical (unpaired) electrons. The van der Waals surface area contributed by atoms with E-state index in [1.807, 2.05) is 0 Å². The Hall–Kier alpha value is -1.94. The third kappa shape index (κ3) is 68.4. The van der Waals surface area contributed by atoms with Crippen molar-refractivity contribution in [1.82, 2.24) is 0 Å². The molecule has 0 bridgehead atoms. The van der Waals surface area contributed by atoms with Gasteiger partial charge in [-0.25, -0.2) is 9.13 Å². The SMILES string of the molecule is CCCCCCCCCCCCCCCCCCC(=O)OC[C@H](COP(=O)(O)OC[C@@H](O)COP(=O)(O)OC[C@@H](COC(=O)CCCCCCCCCCCC)OC(=O)CCCCCCCCCCCC)OC(=O)CCCCCCCCCCCCCCCCC(C)C. The molecule has 0 aromatic carbocycles. The average Bonchev–Trinajstić information content (AvgIpc) is 2.32. The van der Waals surface area contributed by atoms with Crippen molar-refractivity contribution in [3.05, 3.63) is 0 Å². The van der Waals surface area contributed by atoms with Gasteiger partial charge in [0.25, 0.3) is 0 Å². The zero-order valence-electron chi connectivity index (χ0n) is 60.4. The monoisotopic (exact) mass is 1370 g/mol. The predicted molar refractivity (Wildman–Crippen MR) is 377 cm³/mol. The van der Waals surface area contributed by atoms with Crippen molar-refractivity contribution in [3.63, 3.8) is 0 Å². The first-order valence-electron chi connectivity index (χ1n) is 38.6. The Bertz CT molecular complexity index is 1790. The van der Waals surface area contributed by atoms with Crippen LogP contribution in [0, 0.1) is 5.92 Å². The van der Waals surface area contributed by atoms with Crippen molar-refractivity contribution in [2.24, 2.45) is 5.92 Å². The Morgan fingerprint density at radius 3 is 0.731 bits per heavy atom. The van der Waals surface area contributed by atoms with Crippen LogP contribution in [0.1, 0.15) is 388 Å². The summed E-state index contributed by atoms with van der Waals surface area (Å²) in [7, 11) is -9.90. The fourth-order valence-electron chi connectivity index (χ4n) is 11.4. The molecule has 3 N–H and O–H groups in total. The topological polar surface area (TPSA) is 237 Å². The van der Waals surface area contributed by atoms with Gasteiger partial charge in [-0.15, -0.1) is 0 Å². The van der Waals surface area contributed by atoms with Crippen molar-refractivity contribution in [1.29, 1.82) is 0 Å². The van der Waals surface area contributed by atoms with Gasteiger partial charge >= 0.3 is 39.5 Å². The van der Waals surface area contributed by atoms with E-state index < -0.39 is 97.5 Å². The van der Waals surface area contributed by atoms with E-state index >= 15 is 0 Å². The number of aliphatic hydroxyl groups excluding tert-OH is 1. The van der Waals surface area contributed by atoms with E-state index in [0.717, 1.165) is 95.8 Å². The predicted octanol–water partition coefficient (Wildman–Crippen LogP) is 21.7. The van der Waals surface area contributed by atoms with Gasteiger partial charge in [0.2, 0.25) is 0 Å². The number of rotatable bonds is 74. The van der Waals surface area contributed by atoms with Crippen LogP contribution in [0.2, 0.25) is 0 Å². The van der Waals surface area contributed by atoms with E-state index in [0.29, 0.717) is 25.7 Å². The summed E-state index contributed by atoms with van der Waals surface area (Å²) < 4.78 is 68.4. The zero-order chi connectivity index (χ0) is 68.4. The molecule has 2 unspecified atom stereocenters. The van der Waals surface area contributed by atoms with E-state index in [1.54, 1.807) is 0 Å². The second kappa shape index (κ2) is 67.3. The highest BCUT2D eigenvalue weighted by Crippen LogP contribution is 2.45. The largest absolute Gasteiger partial charge is 0.472 e. The molecule has 5 atom stereocenters. The number of hydrogen-bond donors (Lipinski definition) is 3. The number of esters is 4. The van der Waals surface area contributed by atoms with Gasteiger partial charge < -0.3 is 33.8 Å². The molecule has 0 aliphatic carbocycles. The highest BCUT2D eigenvalue weighted by molar-refractivity contribution is 7.47. The second-order valence-electron chi connectivity index (χ2n) is 27.2. The lowest BCUT2D eigenvalue weighted by molar-refractivity contribution is -0.161. The lowest BCUT2D eigenvalue weighted by atomic mass is 10.0. The van der Waals surface area contributed by atoms with Crippen molar-refractivity contribution >= 4 is 39.5 Å². The normalized spacial score (nSPS) is 14.0. The molecule has 0 aliphatic rings. The number of aliphatic hydroxyl groups is 1. The Balaban J connectivity index is 5.22. The molecule has 17 nitrogen and oxygen atoms in total.